The van der Waals surface area contributed by atoms with E-state index in [1.54, 1.807) is 13.3 Å². The summed E-state index contributed by atoms with van der Waals surface area (Å²) in [6.07, 6.45) is 6.81. The first-order valence-electron chi connectivity index (χ1n) is 15.5. The second kappa shape index (κ2) is 11.7. The van der Waals surface area contributed by atoms with Crippen LogP contribution in [-0.4, -0.2) is 72.3 Å². The number of likely N-dealkylation sites (tertiary alicyclic amines) is 1. The molecule has 4 aliphatic rings. The maximum Gasteiger partial charge on any atom is 0.410 e. The summed E-state index contributed by atoms with van der Waals surface area (Å²) >= 11 is 6.34. The number of halogens is 1. The lowest BCUT2D eigenvalue weighted by Crippen LogP contribution is -2.51. The molecule has 4 fully saturated rings. The Labute approximate surface area is 258 Å². The van der Waals surface area contributed by atoms with E-state index in [9.17, 15) is 9.59 Å². The van der Waals surface area contributed by atoms with Crippen LogP contribution in [0.25, 0.3) is 0 Å². The van der Waals surface area contributed by atoms with Crippen molar-refractivity contribution in [3.8, 4) is 5.75 Å². The van der Waals surface area contributed by atoms with Crippen LogP contribution in [0.15, 0.2) is 24.4 Å². The number of benzene rings is 1. The van der Waals surface area contributed by atoms with Crippen molar-refractivity contribution in [2.24, 2.45) is 23.2 Å². The molecule has 2 aliphatic carbocycles. The summed E-state index contributed by atoms with van der Waals surface area (Å²) in [5.74, 6) is 3.55. The van der Waals surface area contributed by atoms with Crippen molar-refractivity contribution in [3.05, 3.63) is 40.5 Å². The highest BCUT2D eigenvalue weighted by Crippen LogP contribution is 2.52. The third-order valence-corrected chi connectivity index (χ3v) is 9.72. The molecule has 2 saturated carbocycles. The number of amides is 2. The van der Waals surface area contributed by atoms with E-state index in [2.05, 4.69) is 20.5 Å². The highest BCUT2D eigenvalue weighted by atomic mass is 35.5. The molecule has 232 valence electrons. The number of carbonyl (C=O) groups excluding carboxylic acids is 2. The summed E-state index contributed by atoms with van der Waals surface area (Å²) in [5, 5.41) is 7.05. The predicted octanol–water partition coefficient (Wildman–Crippen LogP) is 5.36. The van der Waals surface area contributed by atoms with Gasteiger partial charge in [-0.05, 0) is 93.7 Å². The number of hydrogen-bond donors (Lipinski definition) is 2. The van der Waals surface area contributed by atoms with Crippen LogP contribution in [0.2, 0.25) is 5.02 Å². The summed E-state index contributed by atoms with van der Waals surface area (Å²) in [6.45, 7) is 10.2. The molecule has 2 unspecified atom stereocenters. The van der Waals surface area contributed by atoms with Crippen molar-refractivity contribution in [3.63, 3.8) is 0 Å². The van der Waals surface area contributed by atoms with Gasteiger partial charge in [-0.1, -0.05) is 17.7 Å². The summed E-state index contributed by atoms with van der Waals surface area (Å²) in [5.41, 5.74) is 1.18. The first-order chi connectivity index (χ1) is 20.5. The summed E-state index contributed by atoms with van der Waals surface area (Å²) in [7, 11) is 1.59. The standard InChI is InChI=1S/C32H43ClN6O4/c1-31(2,3)43-30(41)38-9-7-32(8-10-38)13-21(14-32)16-35-28(40)24-17-36-29(39-18-22-12-23(22)19-39)37-27(24)34-15-20-5-6-26(42-4)25(33)11-20/h5-6,11,17,21-23H,7-10,12-16,18-19H2,1-4H3,(H,35,40)(H,34,36,37). The molecule has 3 heterocycles. The number of aromatic nitrogens is 2. The van der Waals surface area contributed by atoms with Gasteiger partial charge in [0.25, 0.3) is 5.91 Å². The molecule has 0 bridgehead atoms. The van der Waals surface area contributed by atoms with Gasteiger partial charge in [0, 0.05) is 45.5 Å². The van der Waals surface area contributed by atoms with Gasteiger partial charge in [0.2, 0.25) is 5.95 Å². The predicted molar refractivity (Wildman–Crippen MR) is 166 cm³/mol. The van der Waals surface area contributed by atoms with Crippen LogP contribution in [0.1, 0.15) is 68.8 Å². The number of methoxy groups -OCH3 is 1. The minimum atomic E-state index is -0.482. The molecular weight excluding hydrogens is 568 g/mol. The highest BCUT2D eigenvalue weighted by molar-refractivity contribution is 6.32. The van der Waals surface area contributed by atoms with Crippen LogP contribution in [-0.2, 0) is 11.3 Å². The number of ether oxygens (including phenoxy) is 2. The highest BCUT2D eigenvalue weighted by Gasteiger charge is 2.47. The number of hydrogen-bond acceptors (Lipinski definition) is 8. The van der Waals surface area contributed by atoms with Gasteiger partial charge in [-0.15, -0.1) is 0 Å². The summed E-state index contributed by atoms with van der Waals surface area (Å²) in [6, 6.07) is 5.63. The van der Waals surface area contributed by atoms with Crippen molar-refractivity contribution in [2.45, 2.75) is 65.0 Å². The molecule has 0 radical (unpaired) electrons. The second-order valence-corrected chi connectivity index (χ2v) is 14.3. The van der Waals surface area contributed by atoms with Crippen molar-refractivity contribution in [2.75, 3.05) is 50.1 Å². The largest absolute Gasteiger partial charge is 0.495 e. The van der Waals surface area contributed by atoms with E-state index in [4.69, 9.17) is 26.1 Å². The molecule has 43 heavy (non-hydrogen) atoms. The third-order valence-electron chi connectivity index (χ3n) is 9.43. The van der Waals surface area contributed by atoms with Gasteiger partial charge in [0.15, 0.2) is 0 Å². The molecule has 2 saturated heterocycles. The summed E-state index contributed by atoms with van der Waals surface area (Å²) < 4.78 is 10.8. The molecule has 1 aromatic carbocycles. The molecule has 2 aromatic rings. The van der Waals surface area contributed by atoms with Crippen molar-refractivity contribution in [1.29, 1.82) is 0 Å². The second-order valence-electron chi connectivity index (χ2n) is 13.9. The first-order valence-corrected chi connectivity index (χ1v) is 15.8. The fourth-order valence-corrected chi connectivity index (χ4v) is 7.21. The van der Waals surface area contributed by atoms with Crippen LogP contribution in [0.3, 0.4) is 0 Å². The fraction of sp³-hybridized carbons (Fsp3) is 0.625. The van der Waals surface area contributed by atoms with E-state index in [0.29, 0.717) is 47.1 Å². The Morgan fingerprint density at radius 3 is 2.51 bits per heavy atom. The smallest absolute Gasteiger partial charge is 0.410 e. The molecule has 1 aromatic heterocycles. The Bertz CT molecular complexity index is 1350. The minimum absolute atomic E-state index is 0.174. The van der Waals surface area contributed by atoms with E-state index >= 15 is 0 Å². The van der Waals surface area contributed by atoms with Crippen LogP contribution in [0.4, 0.5) is 16.6 Å². The van der Waals surface area contributed by atoms with E-state index in [1.165, 1.54) is 6.42 Å². The molecule has 11 heteroatoms. The fourth-order valence-electron chi connectivity index (χ4n) is 6.93. The lowest BCUT2D eigenvalue weighted by molar-refractivity contribution is -0.0265. The molecule has 6 rings (SSSR count). The number of rotatable bonds is 8. The molecule has 2 N–H and O–H groups in total. The zero-order valence-corrected chi connectivity index (χ0v) is 26.4. The monoisotopic (exact) mass is 610 g/mol. The lowest BCUT2D eigenvalue weighted by atomic mass is 9.57. The number of nitrogens with one attached hydrogen (secondary N) is 2. The Morgan fingerprint density at radius 2 is 1.86 bits per heavy atom. The van der Waals surface area contributed by atoms with Crippen molar-refractivity contribution < 1.29 is 19.1 Å². The molecule has 10 nitrogen and oxygen atoms in total. The van der Waals surface area contributed by atoms with Gasteiger partial charge in [-0.3, -0.25) is 4.79 Å². The van der Waals surface area contributed by atoms with Crippen molar-refractivity contribution >= 4 is 35.4 Å². The number of carbonyl (C=O) groups is 2. The molecule has 2 amide bonds. The minimum Gasteiger partial charge on any atom is -0.495 e. The third kappa shape index (κ3) is 6.79. The number of nitrogens with zero attached hydrogens (tertiary/aromatic N) is 4. The van der Waals surface area contributed by atoms with Gasteiger partial charge in [0.1, 0.15) is 22.7 Å². The van der Waals surface area contributed by atoms with Gasteiger partial charge in [0.05, 0.1) is 12.1 Å². The Morgan fingerprint density at radius 1 is 1.14 bits per heavy atom. The van der Waals surface area contributed by atoms with Gasteiger partial charge >= 0.3 is 6.09 Å². The Kier molecular flexibility index (Phi) is 8.08. The van der Waals surface area contributed by atoms with E-state index in [1.807, 2.05) is 43.9 Å². The number of piperidine rings is 2. The normalized spacial score (nSPS) is 22.5. The zero-order chi connectivity index (χ0) is 30.4. The van der Waals surface area contributed by atoms with Gasteiger partial charge in [-0.2, -0.15) is 4.98 Å². The number of anilines is 2. The Balaban J connectivity index is 1.05. The average Bonchev–Trinajstić information content (AvgIpc) is 3.57. The lowest BCUT2D eigenvalue weighted by Gasteiger charge is -2.52. The quantitative estimate of drug-likeness (QED) is 0.411. The average molecular weight is 611 g/mol. The number of fused-ring (bicyclic) bond motifs is 1. The SMILES string of the molecule is COc1ccc(CNc2nc(N3CC4CC4C3)ncc2C(=O)NCC2CC3(CCN(C(=O)OC(C)(C)C)CC3)C2)cc1Cl. The van der Waals surface area contributed by atoms with E-state index < -0.39 is 5.60 Å². The first kappa shape index (κ1) is 29.8. The van der Waals surface area contributed by atoms with Crippen LogP contribution in [0, 0.1) is 23.2 Å². The van der Waals surface area contributed by atoms with E-state index in [-0.39, 0.29) is 17.4 Å². The van der Waals surface area contributed by atoms with Crippen LogP contribution >= 0.6 is 11.6 Å². The summed E-state index contributed by atoms with van der Waals surface area (Å²) in [4.78, 5) is 39.3. The van der Waals surface area contributed by atoms with Crippen LogP contribution in [0.5, 0.6) is 5.75 Å². The molecule has 1 spiro atoms. The Hall–Kier alpha value is -3.27. The van der Waals surface area contributed by atoms with Gasteiger partial charge < -0.3 is 29.9 Å². The topological polar surface area (TPSA) is 109 Å². The van der Waals surface area contributed by atoms with Crippen LogP contribution < -0.4 is 20.3 Å². The molecular formula is C32H43ClN6O4. The maximum absolute atomic E-state index is 13.4. The maximum atomic E-state index is 13.4. The molecule has 2 aliphatic heterocycles. The van der Waals surface area contributed by atoms with Crippen molar-refractivity contribution in [1.82, 2.24) is 20.2 Å². The van der Waals surface area contributed by atoms with Gasteiger partial charge in [-0.25, -0.2) is 9.78 Å². The van der Waals surface area contributed by atoms with E-state index in [0.717, 1.165) is 69.3 Å². The molecule has 2 atom stereocenters. The zero-order valence-electron chi connectivity index (χ0n) is 25.6.